The summed E-state index contributed by atoms with van der Waals surface area (Å²) in [5, 5.41) is 2.51. The van der Waals surface area contributed by atoms with Crippen molar-refractivity contribution in [1.82, 2.24) is 5.32 Å². The predicted molar refractivity (Wildman–Crippen MR) is 97.5 cm³/mol. The van der Waals surface area contributed by atoms with Crippen molar-refractivity contribution < 1.29 is 33.4 Å². The van der Waals surface area contributed by atoms with Crippen LogP contribution in [0.25, 0.3) is 0 Å². The lowest BCUT2D eigenvalue weighted by Gasteiger charge is -2.22. The molecule has 0 saturated heterocycles. The standard InChI is InChI=1S/C18H32N2O7/c1-6-25-15(22)11-9-13(17(24)26-7-2)20-14(21)10-8-12(19)16(23)27-18(3,4)5/h12-13H,6-11,19H2,1-5H3,(H,20,21)/t12?,13-/m1/s1. The van der Waals surface area contributed by atoms with Crippen molar-refractivity contribution in [3.63, 3.8) is 0 Å². The van der Waals surface area contributed by atoms with E-state index in [1.807, 2.05) is 0 Å². The van der Waals surface area contributed by atoms with Crippen LogP contribution < -0.4 is 11.1 Å². The molecule has 2 atom stereocenters. The van der Waals surface area contributed by atoms with Gasteiger partial charge in [-0.05, 0) is 47.5 Å². The molecule has 9 nitrogen and oxygen atoms in total. The van der Waals surface area contributed by atoms with Crippen LogP contribution in [0.2, 0.25) is 0 Å². The van der Waals surface area contributed by atoms with Gasteiger partial charge < -0.3 is 25.3 Å². The first-order valence-corrected chi connectivity index (χ1v) is 9.10. The Balaban J connectivity index is 4.59. The van der Waals surface area contributed by atoms with Crippen molar-refractivity contribution in [1.29, 1.82) is 0 Å². The van der Waals surface area contributed by atoms with E-state index >= 15 is 0 Å². The van der Waals surface area contributed by atoms with Crippen molar-refractivity contribution in [2.75, 3.05) is 13.2 Å². The van der Waals surface area contributed by atoms with Crippen LogP contribution in [-0.4, -0.2) is 54.7 Å². The maximum atomic E-state index is 12.1. The van der Waals surface area contributed by atoms with E-state index in [-0.39, 0.29) is 38.9 Å². The Morgan fingerprint density at radius 1 is 0.926 bits per heavy atom. The van der Waals surface area contributed by atoms with E-state index in [4.69, 9.17) is 19.9 Å². The van der Waals surface area contributed by atoms with Gasteiger partial charge in [0.1, 0.15) is 17.7 Å². The molecule has 0 rings (SSSR count). The van der Waals surface area contributed by atoms with Crippen LogP contribution in [-0.2, 0) is 33.4 Å². The van der Waals surface area contributed by atoms with E-state index in [1.54, 1.807) is 34.6 Å². The predicted octanol–water partition coefficient (Wildman–Crippen LogP) is 0.827. The zero-order valence-corrected chi connectivity index (χ0v) is 16.8. The molecule has 0 heterocycles. The van der Waals surface area contributed by atoms with Crippen LogP contribution >= 0.6 is 0 Å². The van der Waals surface area contributed by atoms with Gasteiger partial charge in [-0.3, -0.25) is 14.4 Å². The van der Waals surface area contributed by atoms with Gasteiger partial charge in [-0.1, -0.05) is 0 Å². The quantitative estimate of drug-likeness (QED) is 0.392. The fraction of sp³-hybridized carbons (Fsp3) is 0.778. The van der Waals surface area contributed by atoms with Crippen LogP contribution in [0.3, 0.4) is 0 Å². The smallest absolute Gasteiger partial charge is 0.328 e. The summed E-state index contributed by atoms with van der Waals surface area (Å²) in [7, 11) is 0. The molecule has 9 heteroatoms. The van der Waals surface area contributed by atoms with Crippen LogP contribution in [0.15, 0.2) is 0 Å². The van der Waals surface area contributed by atoms with Gasteiger partial charge in [-0.15, -0.1) is 0 Å². The van der Waals surface area contributed by atoms with Gasteiger partial charge in [0.05, 0.1) is 13.2 Å². The molecule has 0 aliphatic carbocycles. The molecule has 0 aromatic rings. The average Bonchev–Trinajstić information content (AvgIpc) is 2.55. The van der Waals surface area contributed by atoms with E-state index < -0.39 is 41.5 Å². The molecule has 1 amide bonds. The third-order valence-electron chi connectivity index (χ3n) is 3.24. The molecule has 0 aliphatic heterocycles. The fourth-order valence-electron chi connectivity index (χ4n) is 2.04. The highest BCUT2D eigenvalue weighted by atomic mass is 16.6. The molecule has 0 aliphatic rings. The molecule has 0 aromatic carbocycles. The Hall–Kier alpha value is -2.16. The van der Waals surface area contributed by atoms with Crippen molar-refractivity contribution >= 4 is 23.8 Å². The minimum atomic E-state index is -0.973. The number of nitrogens with one attached hydrogen (secondary N) is 1. The zero-order chi connectivity index (χ0) is 21.0. The molecule has 0 spiro atoms. The average molecular weight is 388 g/mol. The minimum absolute atomic E-state index is 0.0327. The summed E-state index contributed by atoms with van der Waals surface area (Å²) >= 11 is 0. The van der Waals surface area contributed by atoms with Crippen molar-refractivity contribution in [3.05, 3.63) is 0 Å². The van der Waals surface area contributed by atoms with Crippen molar-refractivity contribution in [3.8, 4) is 0 Å². The highest BCUT2D eigenvalue weighted by molar-refractivity contribution is 5.85. The van der Waals surface area contributed by atoms with Gasteiger partial charge in [-0.2, -0.15) is 0 Å². The second-order valence-corrected chi connectivity index (χ2v) is 6.89. The number of esters is 3. The van der Waals surface area contributed by atoms with Gasteiger partial charge in [0.15, 0.2) is 0 Å². The second kappa shape index (κ2) is 12.3. The van der Waals surface area contributed by atoms with Gasteiger partial charge in [-0.25, -0.2) is 4.79 Å². The Labute approximate surface area is 160 Å². The van der Waals surface area contributed by atoms with E-state index in [9.17, 15) is 19.2 Å². The third-order valence-corrected chi connectivity index (χ3v) is 3.24. The van der Waals surface area contributed by atoms with Crippen LogP contribution in [0, 0.1) is 0 Å². The number of hydrogen-bond acceptors (Lipinski definition) is 8. The highest BCUT2D eigenvalue weighted by Crippen LogP contribution is 2.10. The Morgan fingerprint density at radius 2 is 1.52 bits per heavy atom. The van der Waals surface area contributed by atoms with Gasteiger partial charge in [0.25, 0.3) is 0 Å². The number of ether oxygens (including phenoxy) is 3. The lowest BCUT2D eigenvalue weighted by atomic mass is 10.1. The minimum Gasteiger partial charge on any atom is -0.466 e. The summed E-state index contributed by atoms with van der Waals surface area (Å²) in [6, 6.07) is -1.92. The Bertz CT molecular complexity index is 514. The number of amides is 1. The first-order chi connectivity index (χ1) is 12.5. The molecule has 27 heavy (non-hydrogen) atoms. The van der Waals surface area contributed by atoms with E-state index in [1.165, 1.54) is 0 Å². The molecule has 0 bridgehead atoms. The van der Waals surface area contributed by atoms with E-state index in [0.717, 1.165) is 0 Å². The number of rotatable bonds is 11. The molecule has 0 radical (unpaired) electrons. The highest BCUT2D eigenvalue weighted by Gasteiger charge is 2.25. The largest absolute Gasteiger partial charge is 0.466 e. The zero-order valence-electron chi connectivity index (χ0n) is 16.8. The number of hydrogen-bond donors (Lipinski definition) is 2. The fourth-order valence-corrected chi connectivity index (χ4v) is 2.04. The molecule has 156 valence electrons. The summed E-state index contributed by atoms with van der Waals surface area (Å²) in [6.45, 7) is 8.86. The van der Waals surface area contributed by atoms with Gasteiger partial charge in [0, 0.05) is 12.8 Å². The topological polar surface area (TPSA) is 134 Å². The molecular weight excluding hydrogens is 356 g/mol. The van der Waals surface area contributed by atoms with Crippen molar-refractivity contribution in [2.45, 2.75) is 78.0 Å². The Kier molecular flexibility index (Phi) is 11.3. The van der Waals surface area contributed by atoms with Crippen molar-refractivity contribution in [2.24, 2.45) is 5.73 Å². The summed E-state index contributed by atoms with van der Waals surface area (Å²) in [6.07, 6.45) is 0.0143. The number of carbonyl (C=O) groups excluding carboxylic acids is 4. The number of carbonyl (C=O) groups is 4. The Morgan fingerprint density at radius 3 is 2.04 bits per heavy atom. The molecule has 0 aromatic heterocycles. The molecule has 1 unspecified atom stereocenters. The van der Waals surface area contributed by atoms with Gasteiger partial charge in [0.2, 0.25) is 5.91 Å². The maximum absolute atomic E-state index is 12.1. The van der Waals surface area contributed by atoms with E-state index in [0.29, 0.717) is 0 Å². The summed E-state index contributed by atoms with van der Waals surface area (Å²) in [4.78, 5) is 47.4. The van der Waals surface area contributed by atoms with Gasteiger partial charge >= 0.3 is 17.9 Å². The van der Waals surface area contributed by atoms with Crippen LogP contribution in [0.4, 0.5) is 0 Å². The monoisotopic (exact) mass is 388 g/mol. The first-order valence-electron chi connectivity index (χ1n) is 9.10. The second-order valence-electron chi connectivity index (χ2n) is 6.89. The molecule has 0 saturated carbocycles. The summed E-state index contributed by atoms with van der Waals surface area (Å²) in [5.41, 5.74) is 5.07. The van der Waals surface area contributed by atoms with E-state index in [2.05, 4.69) is 5.32 Å². The summed E-state index contributed by atoms with van der Waals surface area (Å²) < 4.78 is 14.9. The maximum Gasteiger partial charge on any atom is 0.328 e. The summed E-state index contributed by atoms with van der Waals surface area (Å²) in [5.74, 6) is -2.17. The van der Waals surface area contributed by atoms with Crippen LogP contribution in [0.5, 0.6) is 0 Å². The lowest BCUT2D eigenvalue weighted by molar-refractivity contribution is -0.157. The SMILES string of the molecule is CCOC(=O)CC[C@@H](NC(=O)CCC(N)C(=O)OC(C)(C)C)C(=O)OCC. The molecular formula is C18H32N2O7. The molecule has 3 N–H and O–H groups in total. The lowest BCUT2D eigenvalue weighted by Crippen LogP contribution is -2.43. The third kappa shape index (κ3) is 12.0. The van der Waals surface area contributed by atoms with Crippen LogP contribution in [0.1, 0.15) is 60.3 Å². The first kappa shape index (κ1) is 24.8. The molecule has 0 fully saturated rings. The normalized spacial score (nSPS) is 13.3. The number of nitrogens with two attached hydrogens (primary N) is 1.